The average Bonchev–Trinajstić information content (AvgIpc) is 2.94. The molecule has 1 aromatic carbocycles. The lowest BCUT2D eigenvalue weighted by Crippen LogP contribution is -2.37. The molecular weight excluding hydrogens is 336 g/mol. The topological polar surface area (TPSA) is 76.0 Å². The number of aliphatic imine (C=N–C) groups is 1. The van der Waals surface area contributed by atoms with Gasteiger partial charge in [-0.2, -0.15) is 4.99 Å². The van der Waals surface area contributed by atoms with Gasteiger partial charge in [0.1, 0.15) is 6.61 Å². The highest BCUT2D eigenvalue weighted by molar-refractivity contribution is 8.15. The van der Waals surface area contributed by atoms with E-state index in [0.717, 1.165) is 5.56 Å². The van der Waals surface area contributed by atoms with Crippen molar-refractivity contribution in [2.45, 2.75) is 17.8 Å². The number of ether oxygens (including phenoxy) is 1. The lowest BCUT2D eigenvalue weighted by Gasteiger charge is -2.24. The third-order valence-electron chi connectivity index (χ3n) is 3.86. The maximum Gasteiger partial charge on any atom is 0.274 e. The minimum atomic E-state index is -3.02. The van der Waals surface area contributed by atoms with E-state index in [2.05, 4.69) is 4.99 Å². The molecule has 0 bridgehead atoms. The zero-order chi connectivity index (χ0) is 16.4. The van der Waals surface area contributed by atoms with Crippen LogP contribution in [0.25, 0.3) is 0 Å². The molecule has 0 aliphatic carbocycles. The fourth-order valence-electron chi connectivity index (χ4n) is 2.86. The average molecular weight is 354 g/mol. The van der Waals surface area contributed by atoms with Crippen molar-refractivity contribution in [2.75, 3.05) is 25.2 Å². The maximum atomic E-state index is 11.9. The molecule has 3 rings (SSSR count). The number of fused-ring (bicyclic) bond motifs is 1. The smallest absolute Gasteiger partial charge is 0.274 e. The molecule has 23 heavy (non-hydrogen) atoms. The summed E-state index contributed by atoms with van der Waals surface area (Å²) in [7, 11) is -1.57. The molecule has 0 unspecified atom stereocenters. The molecule has 2 atom stereocenters. The lowest BCUT2D eigenvalue weighted by atomic mass is 10.1. The van der Waals surface area contributed by atoms with Crippen molar-refractivity contribution in [1.29, 1.82) is 0 Å². The quantitative estimate of drug-likeness (QED) is 0.801. The third kappa shape index (κ3) is 3.76. The van der Waals surface area contributed by atoms with Crippen LogP contribution in [0.15, 0.2) is 35.3 Å². The molecule has 8 heteroatoms. The maximum absolute atomic E-state index is 11.9. The van der Waals surface area contributed by atoms with E-state index in [-0.39, 0.29) is 35.3 Å². The van der Waals surface area contributed by atoms with E-state index in [4.69, 9.17) is 4.74 Å². The van der Waals surface area contributed by atoms with Gasteiger partial charge in [0.25, 0.3) is 5.91 Å². The highest BCUT2D eigenvalue weighted by Gasteiger charge is 2.48. The molecule has 2 saturated heterocycles. The number of carbonyl (C=O) groups excluding carboxylic acids is 1. The van der Waals surface area contributed by atoms with Crippen LogP contribution in [0.3, 0.4) is 0 Å². The molecule has 0 N–H and O–H groups in total. The second kappa shape index (κ2) is 6.62. The summed E-state index contributed by atoms with van der Waals surface area (Å²) in [6.07, 6.45) is 0. The third-order valence-corrected chi connectivity index (χ3v) is 7.11. The second-order valence-corrected chi connectivity index (χ2v) is 9.00. The Balaban J connectivity index is 1.86. The monoisotopic (exact) mass is 354 g/mol. The number of hydrogen-bond acceptors (Lipinski definition) is 5. The van der Waals surface area contributed by atoms with Crippen LogP contribution in [-0.2, 0) is 25.9 Å². The van der Waals surface area contributed by atoms with Crippen LogP contribution >= 0.6 is 11.8 Å². The fourth-order valence-corrected chi connectivity index (χ4v) is 6.83. The molecule has 0 aromatic heterocycles. The van der Waals surface area contributed by atoms with E-state index in [1.54, 1.807) is 0 Å². The normalized spacial score (nSPS) is 27.3. The summed E-state index contributed by atoms with van der Waals surface area (Å²) in [5, 5.41) is 0.540. The van der Waals surface area contributed by atoms with E-state index >= 15 is 0 Å². The van der Waals surface area contributed by atoms with Crippen LogP contribution in [0, 0.1) is 0 Å². The number of nitrogens with zero attached hydrogens (tertiary/aromatic N) is 2. The first-order valence-electron chi connectivity index (χ1n) is 7.26. The van der Waals surface area contributed by atoms with Crippen molar-refractivity contribution in [3.05, 3.63) is 35.9 Å². The number of hydrogen-bond donors (Lipinski definition) is 0. The predicted octanol–water partition coefficient (Wildman–Crippen LogP) is 0.930. The van der Waals surface area contributed by atoms with E-state index < -0.39 is 9.84 Å². The SMILES string of the molecule is COCC(=O)N=C1S[C@H]2CS(=O)(=O)C[C@@H]2N1Cc1ccccc1. The van der Waals surface area contributed by atoms with Crippen LogP contribution in [0.5, 0.6) is 0 Å². The van der Waals surface area contributed by atoms with Gasteiger partial charge in [0.2, 0.25) is 0 Å². The summed E-state index contributed by atoms with van der Waals surface area (Å²) in [6.45, 7) is 0.473. The molecule has 6 nitrogen and oxygen atoms in total. The van der Waals surface area contributed by atoms with Crippen molar-refractivity contribution in [3.8, 4) is 0 Å². The van der Waals surface area contributed by atoms with Gasteiger partial charge in [0.15, 0.2) is 15.0 Å². The highest BCUT2D eigenvalue weighted by Crippen LogP contribution is 2.38. The number of rotatable bonds is 4. The number of benzene rings is 1. The fraction of sp³-hybridized carbons (Fsp3) is 0.467. The van der Waals surface area contributed by atoms with Crippen molar-refractivity contribution >= 4 is 32.7 Å². The van der Waals surface area contributed by atoms with Crippen molar-refractivity contribution in [1.82, 2.24) is 4.90 Å². The zero-order valence-electron chi connectivity index (χ0n) is 12.7. The Morgan fingerprint density at radius 3 is 2.78 bits per heavy atom. The Morgan fingerprint density at radius 2 is 2.09 bits per heavy atom. The predicted molar refractivity (Wildman–Crippen MR) is 90.1 cm³/mol. The molecule has 2 aliphatic heterocycles. The number of carbonyl (C=O) groups is 1. The minimum absolute atomic E-state index is 0.0576. The van der Waals surface area contributed by atoms with E-state index in [1.807, 2.05) is 35.2 Å². The lowest BCUT2D eigenvalue weighted by molar-refractivity contribution is -0.121. The van der Waals surface area contributed by atoms with Gasteiger partial charge in [0, 0.05) is 18.9 Å². The summed E-state index contributed by atoms with van der Waals surface area (Å²) in [5.74, 6) is -0.0870. The van der Waals surface area contributed by atoms with E-state index in [0.29, 0.717) is 11.7 Å². The molecular formula is C15H18N2O4S2. The first-order valence-corrected chi connectivity index (χ1v) is 9.97. The van der Waals surface area contributed by atoms with Gasteiger partial charge in [-0.3, -0.25) is 4.79 Å². The van der Waals surface area contributed by atoms with Crippen LogP contribution in [-0.4, -0.2) is 60.9 Å². The molecule has 124 valence electrons. The molecule has 0 saturated carbocycles. The zero-order valence-corrected chi connectivity index (χ0v) is 14.3. The number of thioether (sulfide) groups is 1. The van der Waals surface area contributed by atoms with Gasteiger partial charge in [-0.05, 0) is 5.56 Å². The van der Waals surface area contributed by atoms with Gasteiger partial charge in [-0.25, -0.2) is 8.42 Å². The molecule has 1 aromatic rings. The summed E-state index contributed by atoms with van der Waals surface area (Å²) in [4.78, 5) is 17.8. The number of amides is 1. The largest absolute Gasteiger partial charge is 0.375 e. The van der Waals surface area contributed by atoms with Gasteiger partial charge in [-0.15, -0.1) is 0 Å². The summed E-state index contributed by atoms with van der Waals surface area (Å²) in [5.41, 5.74) is 1.06. The first-order chi connectivity index (χ1) is 11.0. The number of amidine groups is 1. The molecule has 0 radical (unpaired) electrons. The standard InChI is InChI=1S/C15H18N2O4S2/c1-21-8-14(18)16-15-17(7-11-5-3-2-4-6-11)12-9-23(19,20)10-13(12)22-15/h2-6,12-13H,7-10H2,1H3/t12-,13-/m0/s1. The second-order valence-electron chi connectivity index (χ2n) is 5.64. The summed E-state index contributed by atoms with van der Waals surface area (Å²) >= 11 is 1.39. The highest BCUT2D eigenvalue weighted by atomic mass is 32.2. The Hall–Kier alpha value is -1.38. The van der Waals surface area contributed by atoms with Gasteiger partial charge < -0.3 is 9.64 Å². The molecule has 2 fully saturated rings. The number of methoxy groups -OCH3 is 1. The Labute approximate surface area is 139 Å². The van der Waals surface area contributed by atoms with Crippen molar-refractivity contribution in [3.63, 3.8) is 0 Å². The van der Waals surface area contributed by atoms with Crippen LogP contribution in [0.4, 0.5) is 0 Å². The Kier molecular flexibility index (Phi) is 4.74. The number of sulfone groups is 1. The van der Waals surface area contributed by atoms with Crippen LogP contribution < -0.4 is 0 Å². The van der Waals surface area contributed by atoms with Crippen LogP contribution in [0.1, 0.15) is 5.56 Å². The van der Waals surface area contributed by atoms with E-state index in [1.165, 1.54) is 18.9 Å². The van der Waals surface area contributed by atoms with Crippen LogP contribution in [0.2, 0.25) is 0 Å². The Morgan fingerprint density at radius 1 is 1.35 bits per heavy atom. The van der Waals surface area contributed by atoms with Gasteiger partial charge >= 0.3 is 0 Å². The molecule has 2 heterocycles. The summed E-state index contributed by atoms with van der Waals surface area (Å²) < 4.78 is 28.6. The van der Waals surface area contributed by atoms with Gasteiger partial charge in [0.05, 0.1) is 17.5 Å². The van der Waals surface area contributed by atoms with Crippen molar-refractivity contribution < 1.29 is 17.9 Å². The van der Waals surface area contributed by atoms with Gasteiger partial charge in [-0.1, -0.05) is 42.1 Å². The first kappa shape index (κ1) is 16.5. The Bertz CT molecular complexity index is 718. The molecule has 2 aliphatic rings. The van der Waals surface area contributed by atoms with E-state index in [9.17, 15) is 13.2 Å². The molecule has 0 spiro atoms. The molecule has 1 amide bonds. The van der Waals surface area contributed by atoms with Crippen molar-refractivity contribution in [2.24, 2.45) is 4.99 Å². The minimum Gasteiger partial charge on any atom is -0.375 e. The summed E-state index contributed by atoms with van der Waals surface area (Å²) in [6, 6.07) is 9.65.